The molecule has 170 valence electrons. The minimum Gasteiger partial charge on any atom is -0.382 e. The Bertz CT molecular complexity index is 1330. The van der Waals surface area contributed by atoms with E-state index in [2.05, 4.69) is 10.3 Å². The SMILES string of the molecule is CN(C1CCC1)S(=O)(=O)c1ccc(-c2cnc(N)c(-c3ccc4c(c3)CCNC4=O)n2)cc1. The lowest BCUT2D eigenvalue weighted by atomic mass is 9.94. The molecule has 1 fully saturated rings. The maximum Gasteiger partial charge on any atom is 0.251 e. The Morgan fingerprint density at radius 1 is 1.09 bits per heavy atom. The highest BCUT2D eigenvalue weighted by molar-refractivity contribution is 7.89. The fraction of sp³-hybridized carbons (Fsp3) is 0.292. The molecule has 1 aromatic heterocycles. The third kappa shape index (κ3) is 3.87. The number of fused-ring (bicyclic) bond motifs is 1. The fourth-order valence-corrected chi connectivity index (χ4v) is 5.65. The summed E-state index contributed by atoms with van der Waals surface area (Å²) in [6, 6.07) is 12.3. The summed E-state index contributed by atoms with van der Waals surface area (Å²) < 4.78 is 27.3. The van der Waals surface area contributed by atoms with E-state index < -0.39 is 10.0 Å². The lowest BCUT2D eigenvalue weighted by Gasteiger charge is -2.33. The van der Waals surface area contributed by atoms with Gasteiger partial charge in [-0.1, -0.05) is 24.6 Å². The summed E-state index contributed by atoms with van der Waals surface area (Å²) in [5.41, 5.74) is 10.4. The maximum absolute atomic E-state index is 12.9. The molecular formula is C24H25N5O3S. The van der Waals surface area contributed by atoms with Gasteiger partial charge in [0.2, 0.25) is 10.0 Å². The van der Waals surface area contributed by atoms with E-state index in [1.807, 2.05) is 12.1 Å². The number of nitrogens with one attached hydrogen (secondary N) is 1. The molecule has 0 unspecified atom stereocenters. The molecule has 0 bridgehead atoms. The van der Waals surface area contributed by atoms with Crippen LogP contribution in [-0.4, -0.2) is 48.2 Å². The molecule has 1 aliphatic carbocycles. The van der Waals surface area contributed by atoms with Crippen molar-refractivity contribution in [2.24, 2.45) is 0 Å². The van der Waals surface area contributed by atoms with Gasteiger partial charge in [0.05, 0.1) is 16.8 Å². The number of nitrogens with zero attached hydrogens (tertiary/aromatic N) is 3. The third-order valence-electron chi connectivity index (χ3n) is 6.52. The predicted octanol–water partition coefficient (Wildman–Crippen LogP) is 2.85. The number of carbonyl (C=O) groups excluding carboxylic acids is 1. The highest BCUT2D eigenvalue weighted by Gasteiger charge is 2.31. The van der Waals surface area contributed by atoms with Crippen molar-refractivity contribution < 1.29 is 13.2 Å². The summed E-state index contributed by atoms with van der Waals surface area (Å²) in [4.78, 5) is 21.3. The molecule has 0 spiro atoms. The van der Waals surface area contributed by atoms with Gasteiger partial charge < -0.3 is 11.1 Å². The Hall–Kier alpha value is -3.30. The lowest BCUT2D eigenvalue weighted by Crippen LogP contribution is -2.41. The summed E-state index contributed by atoms with van der Waals surface area (Å²) in [5.74, 6) is 0.217. The van der Waals surface area contributed by atoms with Crippen molar-refractivity contribution in [1.29, 1.82) is 0 Å². The van der Waals surface area contributed by atoms with Crippen molar-refractivity contribution in [2.45, 2.75) is 36.6 Å². The van der Waals surface area contributed by atoms with E-state index >= 15 is 0 Å². The lowest BCUT2D eigenvalue weighted by molar-refractivity contribution is 0.0946. The Labute approximate surface area is 192 Å². The Morgan fingerprint density at radius 3 is 2.52 bits per heavy atom. The second-order valence-electron chi connectivity index (χ2n) is 8.50. The summed E-state index contributed by atoms with van der Waals surface area (Å²) in [6.45, 7) is 0.599. The van der Waals surface area contributed by atoms with Gasteiger partial charge in [0.15, 0.2) is 0 Å². The van der Waals surface area contributed by atoms with E-state index in [1.165, 1.54) is 4.31 Å². The van der Waals surface area contributed by atoms with Crippen LogP contribution in [0.1, 0.15) is 35.2 Å². The van der Waals surface area contributed by atoms with E-state index in [9.17, 15) is 13.2 Å². The van der Waals surface area contributed by atoms with E-state index in [0.29, 0.717) is 29.3 Å². The zero-order chi connectivity index (χ0) is 23.2. The first-order valence-electron chi connectivity index (χ1n) is 11.0. The third-order valence-corrected chi connectivity index (χ3v) is 8.44. The van der Waals surface area contributed by atoms with Gasteiger partial charge in [-0.25, -0.2) is 18.4 Å². The van der Waals surface area contributed by atoms with Gasteiger partial charge >= 0.3 is 0 Å². The molecule has 3 N–H and O–H groups in total. The number of carbonyl (C=O) groups is 1. The first-order chi connectivity index (χ1) is 15.8. The number of aromatic nitrogens is 2. The van der Waals surface area contributed by atoms with Crippen LogP contribution in [-0.2, 0) is 16.4 Å². The van der Waals surface area contributed by atoms with Crippen molar-refractivity contribution in [1.82, 2.24) is 19.6 Å². The van der Waals surface area contributed by atoms with Gasteiger partial charge in [-0.15, -0.1) is 0 Å². The average molecular weight is 464 g/mol. The molecule has 1 amide bonds. The summed E-state index contributed by atoms with van der Waals surface area (Å²) >= 11 is 0. The van der Waals surface area contributed by atoms with Gasteiger partial charge in [-0.05, 0) is 49.1 Å². The number of sulfonamides is 1. The molecule has 3 aromatic rings. The Morgan fingerprint density at radius 2 is 1.82 bits per heavy atom. The van der Waals surface area contributed by atoms with Crippen molar-refractivity contribution >= 4 is 21.7 Å². The number of nitrogen functional groups attached to an aromatic ring is 1. The van der Waals surface area contributed by atoms with Gasteiger partial charge in [-0.3, -0.25) is 4.79 Å². The molecule has 2 aliphatic rings. The maximum atomic E-state index is 12.9. The number of hydrogen-bond acceptors (Lipinski definition) is 6. The molecule has 0 atom stereocenters. The quantitative estimate of drug-likeness (QED) is 0.601. The highest BCUT2D eigenvalue weighted by atomic mass is 32.2. The van der Waals surface area contributed by atoms with Crippen molar-refractivity contribution in [2.75, 3.05) is 19.3 Å². The highest BCUT2D eigenvalue weighted by Crippen LogP contribution is 2.31. The second-order valence-corrected chi connectivity index (χ2v) is 10.5. The number of benzene rings is 2. The molecule has 2 heterocycles. The average Bonchev–Trinajstić information content (AvgIpc) is 2.78. The number of hydrogen-bond donors (Lipinski definition) is 2. The Kier molecular flexibility index (Phi) is 5.38. The number of rotatable bonds is 5. The molecule has 1 saturated carbocycles. The summed E-state index contributed by atoms with van der Waals surface area (Å²) in [7, 11) is -1.88. The minimum atomic E-state index is -3.52. The van der Waals surface area contributed by atoms with Crippen LogP contribution in [0.4, 0.5) is 5.82 Å². The molecule has 0 saturated heterocycles. The first kappa shape index (κ1) is 21.5. The van der Waals surface area contributed by atoms with E-state index in [0.717, 1.165) is 42.4 Å². The van der Waals surface area contributed by atoms with E-state index in [1.54, 1.807) is 43.6 Å². The van der Waals surface area contributed by atoms with Crippen LogP contribution in [0.5, 0.6) is 0 Å². The smallest absolute Gasteiger partial charge is 0.251 e. The predicted molar refractivity (Wildman–Crippen MR) is 126 cm³/mol. The monoisotopic (exact) mass is 463 g/mol. The molecule has 1 aliphatic heterocycles. The van der Waals surface area contributed by atoms with Crippen LogP contribution in [0.15, 0.2) is 53.6 Å². The van der Waals surface area contributed by atoms with E-state index in [-0.39, 0.29) is 16.8 Å². The number of amides is 1. The van der Waals surface area contributed by atoms with Gasteiger partial charge in [-0.2, -0.15) is 4.31 Å². The molecular weight excluding hydrogens is 438 g/mol. The van der Waals surface area contributed by atoms with Gasteiger partial charge in [0.25, 0.3) is 5.91 Å². The van der Waals surface area contributed by atoms with Crippen molar-refractivity contribution in [3.63, 3.8) is 0 Å². The van der Waals surface area contributed by atoms with Crippen LogP contribution in [0.2, 0.25) is 0 Å². The normalized spacial score (nSPS) is 16.2. The van der Waals surface area contributed by atoms with Crippen LogP contribution in [0.3, 0.4) is 0 Å². The first-order valence-corrected chi connectivity index (χ1v) is 12.4. The molecule has 5 rings (SSSR count). The molecule has 2 aromatic carbocycles. The van der Waals surface area contributed by atoms with Gasteiger partial charge in [0, 0.05) is 36.3 Å². The molecule has 0 radical (unpaired) electrons. The minimum absolute atomic E-state index is 0.0754. The van der Waals surface area contributed by atoms with Gasteiger partial charge in [0.1, 0.15) is 11.5 Å². The molecule has 8 nitrogen and oxygen atoms in total. The van der Waals surface area contributed by atoms with Crippen molar-refractivity contribution in [3.05, 3.63) is 59.8 Å². The zero-order valence-electron chi connectivity index (χ0n) is 18.3. The second kappa shape index (κ2) is 8.24. The number of nitrogens with two attached hydrogens (primary N) is 1. The molecule has 33 heavy (non-hydrogen) atoms. The Balaban J connectivity index is 1.45. The summed E-state index contributed by atoms with van der Waals surface area (Å²) in [5, 5.41) is 2.84. The topological polar surface area (TPSA) is 118 Å². The largest absolute Gasteiger partial charge is 0.382 e. The molecule has 9 heteroatoms. The van der Waals surface area contributed by atoms with Crippen molar-refractivity contribution in [3.8, 4) is 22.5 Å². The van der Waals surface area contributed by atoms with Crippen LogP contribution < -0.4 is 11.1 Å². The van der Waals surface area contributed by atoms with Crippen LogP contribution >= 0.6 is 0 Å². The van der Waals surface area contributed by atoms with E-state index in [4.69, 9.17) is 10.7 Å². The summed E-state index contributed by atoms with van der Waals surface area (Å²) in [6.07, 6.45) is 5.21. The fourth-order valence-electron chi connectivity index (χ4n) is 4.24. The standard InChI is InChI=1S/C24H25N5O3S/c1-29(18-3-2-4-18)33(31,32)19-8-5-15(6-9-19)21-14-27-23(25)22(28-21)17-7-10-20-16(13-17)11-12-26-24(20)30/h5-10,13-14,18H,2-4,11-12H2,1H3,(H2,25,27)(H,26,30). The number of anilines is 1. The zero-order valence-corrected chi connectivity index (χ0v) is 19.1. The van der Waals surface area contributed by atoms with Crippen LogP contribution in [0, 0.1) is 0 Å². The van der Waals surface area contributed by atoms with Crippen LogP contribution in [0.25, 0.3) is 22.5 Å².